The molecule has 1 unspecified atom stereocenters. The number of hydrogen-bond donors (Lipinski definition) is 2. The lowest BCUT2D eigenvalue weighted by Gasteiger charge is -2.01. The molecule has 0 spiro atoms. The summed E-state index contributed by atoms with van der Waals surface area (Å²) in [5, 5.41) is 18.6. The summed E-state index contributed by atoms with van der Waals surface area (Å²) in [5.41, 5.74) is 1.62. The molecule has 1 aromatic rings. The van der Waals surface area contributed by atoms with Gasteiger partial charge in [-0.2, -0.15) is 0 Å². The van der Waals surface area contributed by atoms with E-state index in [0.29, 0.717) is 12.8 Å². The third kappa shape index (κ3) is 11.4. The van der Waals surface area contributed by atoms with Crippen LogP contribution in [0.2, 0.25) is 0 Å². The van der Waals surface area contributed by atoms with Crippen molar-refractivity contribution in [3.05, 3.63) is 53.9 Å². The number of allylic oxidation sites excluding steroid dienone is 2. The van der Waals surface area contributed by atoms with Crippen LogP contribution in [-0.2, 0) is 4.79 Å². The molecule has 1 aromatic heterocycles. The zero-order valence-electron chi connectivity index (χ0n) is 15.7. The maximum Gasteiger partial charge on any atom is 0.303 e. The van der Waals surface area contributed by atoms with Crippen molar-refractivity contribution >= 4 is 18.1 Å². The minimum atomic E-state index is -0.766. The van der Waals surface area contributed by atoms with E-state index >= 15 is 0 Å². The standard InChI is InChI=1S/C22H31NO3/c1-2-3-4-5-6-9-15-21(24)18-17-20-14-11-13-19(23-20)12-8-7-10-16-22(25)26/h6,8-9,11-14,17-18,21,24H,2-5,7,10,15-16H2,1H3,(H,25,26). The van der Waals surface area contributed by atoms with Crippen molar-refractivity contribution in [2.45, 2.75) is 64.4 Å². The average molecular weight is 357 g/mol. The maximum absolute atomic E-state index is 10.5. The Morgan fingerprint density at radius 2 is 1.81 bits per heavy atom. The van der Waals surface area contributed by atoms with Crippen molar-refractivity contribution < 1.29 is 15.0 Å². The summed E-state index contributed by atoms with van der Waals surface area (Å²) in [5.74, 6) is -0.766. The van der Waals surface area contributed by atoms with E-state index in [4.69, 9.17) is 5.11 Å². The Morgan fingerprint density at radius 1 is 1.08 bits per heavy atom. The van der Waals surface area contributed by atoms with Crippen molar-refractivity contribution in [3.63, 3.8) is 0 Å². The molecule has 0 aliphatic carbocycles. The van der Waals surface area contributed by atoms with Crippen LogP contribution in [0.15, 0.2) is 42.5 Å². The quantitative estimate of drug-likeness (QED) is 0.373. The first-order valence-corrected chi connectivity index (χ1v) is 9.48. The molecule has 0 aliphatic rings. The highest BCUT2D eigenvalue weighted by Crippen LogP contribution is 2.07. The van der Waals surface area contributed by atoms with Crippen LogP contribution in [0.5, 0.6) is 0 Å². The second-order valence-corrected chi connectivity index (χ2v) is 6.31. The molecular formula is C22H31NO3. The SMILES string of the molecule is CCCCCC=CCC(O)C=Cc1cccc(C=CCCCC(=O)O)n1. The highest BCUT2D eigenvalue weighted by molar-refractivity contribution is 5.66. The van der Waals surface area contributed by atoms with Gasteiger partial charge in [0.15, 0.2) is 0 Å². The van der Waals surface area contributed by atoms with Crippen LogP contribution in [0.3, 0.4) is 0 Å². The third-order valence-electron chi connectivity index (χ3n) is 3.85. The van der Waals surface area contributed by atoms with Crippen LogP contribution >= 0.6 is 0 Å². The minimum Gasteiger partial charge on any atom is -0.481 e. The van der Waals surface area contributed by atoms with Gasteiger partial charge in [0, 0.05) is 6.42 Å². The normalized spacial score (nSPS) is 13.2. The molecule has 0 aromatic carbocycles. The molecule has 0 aliphatic heterocycles. The van der Waals surface area contributed by atoms with E-state index in [0.717, 1.165) is 24.2 Å². The van der Waals surface area contributed by atoms with Crippen LogP contribution in [-0.4, -0.2) is 27.3 Å². The summed E-state index contributed by atoms with van der Waals surface area (Å²) < 4.78 is 0. The molecule has 1 rings (SSSR count). The number of aromatic nitrogens is 1. The zero-order valence-corrected chi connectivity index (χ0v) is 15.7. The average Bonchev–Trinajstić information content (AvgIpc) is 2.63. The Hall–Kier alpha value is -2.20. The van der Waals surface area contributed by atoms with Crippen LogP contribution in [0, 0.1) is 0 Å². The van der Waals surface area contributed by atoms with Gasteiger partial charge >= 0.3 is 5.97 Å². The van der Waals surface area contributed by atoms with E-state index in [2.05, 4.69) is 18.0 Å². The van der Waals surface area contributed by atoms with E-state index < -0.39 is 12.1 Å². The largest absolute Gasteiger partial charge is 0.481 e. The van der Waals surface area contributed by atoms with Gasteiger partial charge in [-0.3, -0.25) is 4.79 Å². The highest BCUT2D eigenvalue weighted by Gasteiger charge is 1.97. The first-order chi connectivity index (χ1) is 12.6. The van der Waals surface area contributed by atoms with Crippen molar-refractivity contribution in [3.8, 4) is 0 Å². The van der Waals surface area contributed by atoms with Crippen LogP contribution in [0.4, 0.5) is 0 Å². The van der Waals surface area contributed by atoms with Crippen LogP contribution in [0.25, 0.3) is 12.2 Å². The predicted octanol–water partition coefficient (Wildman–Crippen LogP) is 5.25. The highest BCUT2D eigenvalue weighted by atomic mass is 16.4. The Labute approximate surface area is 157 Å². The van der Waals surface area contributed by atoms with E-state index in [9.17, 15) is 9.90 Å². The van der Waals surface area contributed by atoms with Gasteiger partial charge in [0.2, 0.25) is 0 Å². The molecule has 0 bridgehead atoms. The maximum atomic E-state index is 10.5. The second-order valence-electron chi connectivity index (χ2n) is 6.31. The third-order valence-corrected chi connectivity index (χ3v) is 3.85. The lowest BCUT2D eigenvalue weighted by atomic mass is 10.1. The second kappa shape index (κ2) is 14.0. The Kier molecular flexibility index (Phi) is 11.8. The Balaban J connectivity index is 2.40. The van der Waals surface area contributed by atoms with Gasteiger partial charge in [0.25, 0.3) is 0 Å². The molecule has 0 saturated carbocycles. The first kappa shape index (κ1) is 21.8. The van der Waals surface area contributed by atoms with Gasteiger partial charge in [-0.1, -0.05) is 50.1 Å². The smallest absolute Gasteiger partial charge is 0.303 e. The van der Waals surface area contributed by atoms with Gasteiger partial charge in [0.1, 0.15) is 0 Å². The summed E-state index contributed by atoms with van der Waals surface area (Å²) in [6, 6.07) is 5.72. The van der Waals surface area contributed by atoms with E-state index in [1.54, 1.807) is 6.08 Å². The molecule has 4 nitrogen and oxygen atoms in total. The summed E-state index contributed by atoms with van der Waals surface area (Å²) in [4.78, 5) is 14.9. The number of pyridine rings is 1. The molecule has 1 atom stereocenters. The van der Waals surface area contributed by atoms with E-state index in [-0.39, 0.29) is 6.42 Å². The first-order valence-electron chi connectivity index (χ1n) is 9.48. The fraction of sp³-hybridized carbons (Fsp3) is 0.455. The lowest BCUT2D eigenvalue weighted by molar-refractivity contribution is -0.137. The van der Waals surface area contributed by atoms with Gasteiger partial charge < -0.3 is 10.2 Å². The fourth-order valence-corrected chi connectivity index (χ4v) is 2.38. The van der Waals surface area contributed by atoms with E-state index in [1.165, 1.54) is 19.3 Å². The predicted molar refractivity (Wildman–Crippen MR) is 108 cm³/mol. The molecule has 0 amide bonds. The molecule has 0 fully saturated rings. The van der Waals surface area contributed by atoms with Gasteiger partial charge in [0.05, 0.1) is 17.5 Å². The number of unbranched alkanes of at least 4 members (excludes halogenated alkanes) is 4. The van der Waals surface area contributed by atoms with E-state index in [1.807, 2.05) is 42.5 Å². The number of rotatable bonds is 13. The number of carboxylic acid groups (broad SMARTS) is 1. The molecular weight excluding hydrogens is 326 g/mol. The molecule has 0 saturated heterocycles. The monoisotopic (exact) mass is 357 g/mol. The fourth-order valence-electron chi connectivity index (χ4n) is 2.38. The van der Waals surface area contributed by atoms with Crippen molar-refractivity contribution in [1.29, 1.82) is 0 Å². The number of nitrogens with zero attached hydrogens (tertiary/aromatic N) is 1. The number of aliphatic carboxylic acids is 1. The van der Waals surface area contributed by atoms with Crippen LogP contribution in [0.1, 0.15) is 69.7 Å². The molecule has 1 heterocycles. The van der Waals surface area contributed by atoms with Gasteiger partial charge in [-0.05, 0) is 56.4 Å². The number of aliphatic hydroxyl groups excluding tert-OH is 1. The molecule has 2 N–H and O–H groups in total. The number of aliphatic hydroxyl groups is 1. The Morgan fingerprint density at radius 3 is 2.54 bits per heavy atom. The molecule has 26 heavy (non-hydrogen) atoms. The number of hydrogen-bond acceptors (Lipinski definition) is 3. The topological polar surface area (TPSA) is 70.4 Å². The lowest BCUT2D eigenvalue weighted by Crippen LogP contribution is -1.99. The van der Waals surface area contributed by atoms with Gasteiger partial charge in [-0.15, -0.1) is 0 Å². The summed E-state index contributed by atoms with van der Waals surface area (Å²) >= 11 is 0. The number of carbonyl (C=O) groups is 1. The van der Waals surface area contributed by atoms with Crippen molar-refractivity contribution in [1.82, 2.24) is 4.98 Å². The zero-order chi connectivity index (χ0) is 19.0. The van der Waals surface area contributed by atoms with Crippen LogP contribution < -0.4 is 0 Å². The Bertz CT molecular complexity index is 605. The molecule has 142 valence electrons. The minimum absolute atomic E-state index is 0.186. The summed E-state index contributed by atoms with van der Waals surface area (Å²) in [6.45, 7) is 2.19. The van der Waals surface area contributed by atoms with Gasteiger partial charge in [-0.25, -0.2) is 4.98 Å². The van der Waals surface area contributed by atoms with Crippen molar-refractivity contribution in [2.24, 2.45) is 0 Å². The molecule has 4 heteroatoms. The molecule has 0 radical (unpaired) electrons. The summed E-state index contributed by atoms with van der Waals surface area (Å²) in [6.07, 6.45) is 18.0. The number of carboxylic acids is 1. The van der Waals surface area contributed by atoms with Crippen molar-refractivity contribution in [2.75, 3.05) is 0 Å². The summed E-state index contributed by atoms with van der Waals surface area (Å²) in [7, 11) is 0.